The standard InChI is InChI=1S/C22H21ClN2O2/c23-18-6-3-4-14(8-18)9-21(27)25-22(16-11-19(26)12-16)17-10-15-5-1-2-7-20(15)24-13-17/h1-8,10,13,16,19,22,26H,9,11-12H2,(H,25,27). The maximum atomic E-state index is 12.7. The van der Waals surface area contributed by atoms with Crippen LogP contribution in [0.4, 0.5) is 0 Å². The molecule has 1 amide bonds. The van der Waals surface area contributed by atoms with E-state index in [0.29, 0.717) is 17.9 Å². The number of amides is 1. The Bertz CT molecular complexity index is 969. The van der Waals surface area contributed by atoms with Crippen molar-refractivity contribution in [3.8, 4) is 0 Å². The molecule has 5 heteroatoms. The molecule has 1 heterocycles. The van der Waals surface area contributed by atoms with Gasteiger partial charge in [-0.1, -0.05) is 41.9 Å². The van der Waals surface area contributed by atoms with Crippen molar-refractivity contribution >= 4 is 28.4 Å². The number of carbonyl (C=O) groups excluding carboxylic acids is 1. The van der Waals surface area contributed by atoms with Crippen LogP contribution in [0.3, 0.4) is 0 Å². The Morgan fingerprint density at radius 2 is 2.00 bits per heavy atom. The number of nitrogens with zero attached hydrogens (tertiary/aromatic N) is 1. The molecule has 138 valence electrons. The molecule has 4 nitrogen and oxygen atoms in total. The zero-order valence-electron chi connectivity index (χ0n) is 14.8. The minimum atomic E-state index is -0.282. The maximum absolute atomic E-state index is 12.7. The first-order valence-corrected chi connectivity index (χ1v) is 9.53. The summed E-state index contributed by atoms with van der Waals surface area (Å²) in [6, 6.07) is 17.2. The maximum Gasteiger partial charge on any atom is 0.224 e. The summed E-state index contributed by atoms with van der Waals surface area (Å²) < 4.78 is 0. The van der Waals surface area contributed by atoms with Crippen LogP contribution in [-0.4, -0.2) is 22.1 Å². The summed E-state index contributed by atoms with van der Waals surface area (Å²) in [7, 11) is 0. The summed E-state index contributed by atoms with van der Waals surface area (Å²) in [6.07, 6.45) is 3.20. The van der Waals surface area contributed by atoms with Crippen molar-refractivity contribution in [3.05, 3.63) is 76.9 Å². The number of halogens is 1. The highest BCUT2D eigenvalue weighted by Crippen LogP contribution is 2.38. The molecule has 2 aromatic carbocycles. The van der Waals surface area contributed by atoms with Gasteiger partial charge in [-0.25, -0.2) is 0 Å². The van der Waals surface area contributed by atoms with Crippen LogP contribution in [0.5, 0.6) is 0 Å². The number of aromatic nitrogens is 1. The van der Waals surface area contributed by atoms with E-state index in [0.717, 1.165) is 22.0 Å². The SMILES string of the molecule is O=C(Cc1cccc(Cl)c1)NC(c1cnc2ccccc2c1)C1CC(O)C1. The number of nitrogens with one attached hydrogen (secondary N) is 1. The van der Waals surface area contributed by atoms with Crippen LogP contribution in [-0.2, 0) is 11.2 Å². The zero-order valence-corrected chi connectivity index (χ0v) is 15.6. The van der Waals surface area contributed by atoms with Gasteiger partial charge in [0.25, 0.3) is 0 Å². The van der Waals surface area contributed by atoms with Crippen molar-refractivity contribution < 1.29 is 9.90 Å². The smallest absolute Gasteiger partial charge is 0.224 e. The average Bonchev–Trinajstić information content (AvgIpc) is 2.63. The lowest BCUT2D eigenvalue weighted by Crippen LogP contribution is -2.41. The first-order valence-electron chi connectivity index (χ1n) is 9.15. The second kappa shape index (κ2) is 7.67. The van der Waals surface area contributed by atoms with E-state index >= 15 is 0 Å². The predicted octanol–water partition coefficient (Wildman–Crippen LogP) is 4.06. The molecule has 0 saturated heterocycles. The van der Waals surface area contributed by atoms with Crippen LogP contribution >= 0.6 is 11.6 Å². The molecule has 0 spiro atoms. The number of rotatable bonds is 5. The van der Waals surface area contributed by atoms with Crippen molar-refractivity contribution in [1.29, 1.82) is 0 Å². The molecule has 1 saturated carbocycles. The van der Waals surface area contributed by atoms with E-state index in [2.05, 4.69) is 16.4 Å². The molecule has 2 N–H and O–H groups in total. The quantitative estimate of drug-likeness (QED) is 0.701. The van der Waals surface area contributed by atoms with Crippen LogP contribution < -0.4 is 5.32 Å². The lowest BCUT2D eigenvalue weighted by molar-refractivity contribution is -0.122. The van der Waals surface area contributed by atoms with Crippen LogP contribution in [0.25, 0.3) is 10.9 Å². The Labute approximate surface area is 163 Å². The topological polar surface area (TPSA) is 62.2 Å². The average molecular weight is 381 g/mol. The van der Waals surface area contributed by atoms with E-state index in [1.165, 1.54) is 0 Å². The predicted molar refractivity (Wildman–Crippen MR) is 107 cm³/mol. The van der Waals surface area contributed by atoms with Gasteiger partial charge in [-0.05, 0) is 54.2 Å². The van der Waals surface area contributed by atoms with E-state index in [4.69, 9.17) is 11.6 Å². The summed E-state index contributed by atoms with van der Waals surface area (Å²) in [6.45, 7) is 0. The number of para-hydroxylation sites is 1. The third kappa shape index (κ3) is 4.12. The molecule has 4 rings (SSSR count). The Hall–Kier alpha value is -2.43. The van der Waals surface area contributed by atoms with Gasteiger partial charge in [0.05, 0.1) is 24.1 Å². The molecule has 1 aliphatic carbocycles. The van der Waals surface area contributed by atoms with Gasteiger partial charge in [0.1, 0.15) is 0 Å². The number of pyridine rings is 1. The lowest BCUT2D eigenvalue weighted by atomic mass is 9.75. The summed E-state index contributed by atoms with van der Waals surface area (Å²) in [5.41, 5.74) is 2.79. The van der Waals surface area contributed by atoms with Gasteiger partial charge in [0.15, 0.2) is 0 Å². The highest BCUT2D eigenvalue weighted by Gasteiger charge is 2.35. The number of aliphatic hydroxyl groups is 1. The number of hydrogen-bond acceptors (Lipinski definition) is 3. The molecule has 0 radical (unpaired) electrons. The van der Waals surface area contributed by atoms with Crippen LogP contribution in [0.2, 0.25) is 5.02 Å². The van der Waals surface area contributed by atoms with Gasteiger partial charge in [0.2, 0.25) is 5.91 Å². The second-order valence-corrected chi connectivity index (χ2v) is 7.63. The van der Waals surface area contributed by atoms with Gasteiger partial charge in [-0.2, -0.15) is 0 Å². The Kier molecular flexibility index (Phi) is 5.10. The monoisotopic (exact) mass is 380 g/mol. The number of carbonyl (C=O) groups is 1. The fourth-order valence-corrected chi connectivity index (χ4v) is 3.90. The number of aliphatic hydroxyl groups excluding tert-OH is 1. The van der Waals surface area contributed by atoms with Crippen LogP contribution in [0.1, 0.15) is 30.0 Å². The number of hydrogen-bond donors (Lipinski definition) is 2. The van der Waals surface area contributed by atoms with E-state index < -0.39 is 0 Å². The van der Waals surface area contributed by atoms with Gasteiger partial charge in [-0.3, -0.25) is 9.78 Å². The molecular weight excluding hydrogens is 360 g/mol. The van der Waals surface area contributed by atoms with Crippen LogP contribution in [0, 0.1) is 5.92 Å². The lowest BCUT2D eigenvalue weighted by Gasteiger charge is -2.38. The second-order valence-electron chi connectivity index (χ2n) is 7.20. The van der Waals surface area contributed by atoms with E-state index in [-0.39, 0.29) is 30.4 Å². The van der Waals surface area contributed by atoms with Crippen molar-refractivity contribution in [3.63, 3.8) is 0 Å². The van der Waals surface area contributed by atoms with E-state index in [1.54, 1.807) is 12.1 Å². The third-order valence-electron chi connectivity index (χ3n) is 5.16. The molecule has 1 unspecified atom stereocenters. The van der Waals surface area contributed by atoms with E-state index in [9.17, 15) is 9.90 Å². The third-order valence-corrected chi connectivity index (χ3v) is 5.40. The fourth-order valence-electron chi connectivity index (χ4n) is 3.69. The molecular formula is C22H21ClN2O2. The molecule has 1 aromatic heterocycles. The van der Waals surface area contributed by atoms with Gasteiger partial charge < -0.3 is 10.4 Å². The van der Waals surface area contributed by atoms with Crippen molar-refractivity contribution in [2.75, 3.05) is 0 Å². The van der Waals surface area contributed by atoms with E-state index in [1.807, 2.05) is 42.6 Å². The van der Waals surface area contributed by atoms with Gasteiger partial charge >= 0.3 is 0 Å². The van der Waals surface area contributed by atoms with Gasteiger partial charge in [-0.15, -0.1) is 0 Å². The molecule has 0 aliphatic heterocycles. The first-order chi connectivity index (χ1) is 13.1. The van der Waals surface area contributed by atoms with Crippen molar-refractivity contribution in [2.45, 2.75) is 31.4 Å². The molecule has 27 heavy (non-hydrogen) atoms. The normalized spacial score (nSPS) is 20.1. The molecule has 0 bridgehead atoms. The summed E-state index contributed by atoms with van der Waals surface area (Å²) in [5.74, 6) is 0.156. The Morgan fingerprint density at radius 3 is 2.78 bits per heavy atom. The Balaban J connectivity index is 1.56. The summed E-state index contributed by atoms with van der Waals surface area (Å²) in [5, 5.41) is 14.6. The largest absolute Gasteiger partial charge is 0.393 e. The molecule has 1 aliphatic rings. The van der Waals surface area contributed by atoms with Crippen molar-refractivity contribution in [2.24, 2.45) is 5.92 Å². The Morgan fingerprint density at radius 1 is 1.19 bits per heavy atom. The zero-order chi connectivity index (χ0) is 18.8. The molecule has 1 atom stereocenters. The summed E-state index contributed by atoms with van der Waals surface area (Å²) in [4.78, 5) is 17.2. The highest BCUT2D eigenvalue weighted by molar-refractivity contribution is 6.30. The molecule has 3 aromatic rings. The fraction of sp³-hybridized carbons (Fsp3) is 0.273. The number of benzene rings is 2. The summed E-state index contributed by atoms with van der Waals surface area (Å²) >= 11 is 6.02. The highest BCUT2D eigenvalue weighted by atomic mass is 35.5. The first kappa shape index (κ1) is 18.0. The minimum absolute atomic E-state index is 0.0585. The van der Waals surface area contributed by atoms with Gasteiger partial charge in [0, 0.05) is 16.6 Å². The van der Waals surface area contributed by atoms with Crippen molar-refractivity contribution in [1.82, 2.24) is 10.3 Å². The van der Waals surface area contributed by atoms with Crippen LogP contribution in [0.15, 0.2) is 60.8 Å². The minimum Gasteiger partial charge on any atom is -0.393 e. The number of fused-ring (bicyclic) bond motifs is 1. The molecule has 1 fully saturated rings.